The summed E-state index contributed by atoms with van der Waals surface area (Å²) in [7, 11) is 1.63. The number of benzene rings is 2. The number of fused-ring (bicyclic) bond motifs is 1. The predicted octanol–water partition coefficient (Wildman–Crippen LogP) is 3.28. The fraction of sp³-hybridized carbons (Fsp3) is 0.391. The second-order valence-corrected chi connectivity index (χ2v) is 7.92. The van der Waals surface area contributed by atoms with E-state index in [-0.39, 0.29) is 11.7 Å². The summed E-state index contributed by atoms with van der Waals surface area (Å²) in [6.07, 6.45) is 2.56. The van der Waals surface area contributed by atoms with Crippen LogP contribution < -0.4 is 10.1 Å². The summed E-state index contributed by atoms with van der Waals surface area (Å²) in [6, 6.07) is 12.2. The Hall–Kier alpha value is -2.93. The van der Waals surface area contributed by atoms with Gasteiger partial charge < -0.3 is 15.0 Å². The molecule has 6 nitrogen and oxygen atoms in total. The van der Waals surface area contributed by atoms with Gasteiger partial charge in [-0.05, 0) is 61.2 Å². The Kier molecular flexibility index (Phi) is 6.28. The molecular formula is C23H27FN4O2. The average molecular weight is 410 g/mol. The first-order valence-corrected chi connectivity index (χ1v) is 10.3. The quantitative estimate of drug-likeness (QED) is 0.627. The van der Waals surface area contributed by atoms with Gasteiger partial charge in [-0.3, -0.25) is 9.69 Å². The van der Waals surface area contributed by atoms with Gasteiger partial charge in [0.25, 0.3) is 0 Å². The number of aromatic amines is 1. The van der Waals surface area contributed by atoms with Crippen LogP contribution in [0.2, 0.25) is 0 Å². The third-order valence-corrected chi connectivity index (χ3v) is 5.58. The molecule has 2 aromatic carbocycles. The molecule has 0 unspecified atom stereocenters. The largest absolute Gasteiger partial charge is 0.497 e. The minimum absolute atomic E-state index is 0.0385. The molecule has 2 heterocycles. The van der Waals surface area contributed by atoms with E-state index in [4.69, 9.17) is 4.74 Å². The Morgan fingerprint density at radius 2 is 2.13 bits per heavy atom. The van der Waals surface area contributed by atoms with Crippen LogP contribution in [-0.4, -0.2) is 47.5 Å². The first kappa shape index (κ1) is 20.3. The zero-order valence-corrected chi connectivity index (χ0v) is 17.2. The Bertz CT molecular complexity index is 1000. The third-order valence-electron chi connectivity index (χ3n) is 5.58. The summed E-state index contributed by atoms with van der Waals surface area (Å²) in [5.41, 5.74) is 2.48. The molecule has 0 saturated carbocycles. The number of likely N-dealkylation sites (tertiary alicyclic amines) is 1. The van der Waals surface area contributed by atoms with Gasteiger partial charge in [-0.2, -0.15) is 0 Å². The summed E-state index contributed by atoms with van der Waals surface area (Å²) in [6.45, 7) is 3.29. The average Bonchev–Trinajstić information content (AvgIpc) is 3.14. The van der Waals surface area contributed by atoms with Crippen molar-refractivity contribution >= 4 is 16.9 Å². The van der Waals surface area contributed by atoms with E-state index >= 15 is 0 Å². The minimum Gasteiger partial charge on any atom is -0.497 e. The molecule has 3 aromatic rings. The number of amides is 1. The number of ether oxygens (including phenoxy) is 1. The number of rotatable bonds is 7. The lowest BCUT2D eigenvalue weighted by Crippen LogP contribution is -2.41. The molecule has 0 aliphatic carbocycles. The van der Waals surface area contributed by atoms with E-state index in [9.17, 15) is 9.18 Å². The number of methoxy groups -OCH3 is 1. The molecule has 7 heteroatoms. The van der Waals surface area contributed by atoms with Gasteiger partial charge in [-0.15, -0.1) is 0 Å². The van der Waals surface area contributed by atoms with Gasteiger partial charge in [-0.25, -0.2) is 9.37 Å². The molecule has 2 N–H and O–H groups in total. The maximum atomic E-state index is 13.4. The van der Waals surface area contributed by atoms with Crippen LogP contribution >= 0.6 is 0 Å². The van der Waals surface area contributed by atoms with E-state index in [0.717, 1.165) is 54.1 Å². The molecular weight excluding hydrogens is 383 g/mol. The molecule has 0 radical (unpaired) electrons. The molecule has 1 saturated heterocycles. The van der Waals surface area contributed by atoms with Crippen LogP contribution in [0.5, 0.6) is 5.75 Å². The maximum Gasteiger partial charge on any atom is 0.224 e. The number of nitrogens with zero attached hydrogens (tertiary/aromatic N) is 2. The van der Waals surface area contributed by atoms with Gasteiger partial charge >= 0.3 is 0 Å². The SMILES string of the molecule is COc1ccc(CC(=O)NC[C@H]2CCCN(Cc3nc4ccc(F)cc4[nH]3)C2)cc1. The number of carbonyl (C=O) groups excluding carboxylic acids is 1. The lowest BCUT2D eigenvalue weighted by atomic mass is 9.98. The predicted molar refractivity (Wildman–Crippen MR) is 114 cm³/mol. The van der Waals surface area contributed by atoms with E-state index in [0.29, 0.717) is 25.4 Å². The number of halogens is 1. The van der Waals surface area contributed by atoms with Crippen LogP contribution in [0, 0.1) is 11.7 Å². The van der Waals surface area contributed by atoms with Crippen molar-refractivity contribution in [2.24, 2.45) is 5.92 Å². The molecule has 0 bridgehead atoms. The van der Waals surface area contributed by atoms with Crippen LogP contribution in [0.1, 0.15) is 24.2 Å². The molecule has 1 aliphatic heterocycles. The van der Waals surface area contributed by atoms with Crippen LogP contribution in [0.15, 0.2) is 42.5 Å². The molecule has 1 atom stereocenters. The zero-order chi connectivity index (χ0) is 20.9. The van der Waals surface area contributed by atoms with Gasteiger partial charge in [0, 0.05) is 13.1 Å². The van der Waals surface area contributed by atoms with Crippen molar-refractivity contribution in [1.29, 1.82) is 0 Å². The van der Waals surface area contributed by atoms with E-state index in [1.165, 1.54) is 12.1 Å². The summed E-state index contributed by atoms with van der Waals surface area (Å²) in [5.74, 6) is 1.83. The Morgan fingerprint density at radius 1 is 1.30 bits per heavy atom. The number of imidazole rings is 1. The Labute approximate surface area is 175 Å². The number of hydrogen-bond acceptors (Lipinski definition) is 4. The van der Waals surface area contributed by atoms with Crippen molar-refractivity contribution in [2.45, 2.75) is 25.8 Å². The van der Waals surface area contributed by atoms with Crippen LogP contribution in [-0.2, 0) is 17.8 Å². The molecule has 1 fully saturated rings. The lowest BCUT2D eigenvalue weighted by Gasteiger charge is -2.32. The standard InChI is InChI=1S/C23H27FN4O2/c1-30-19-7-4-16(5-8-19)11-23(29)25-13-17-3-2-10-28(14-17)15-22-26-20-9-6-18(24)12-21(20)27-22/h4-9,12,17H,2-3,10-11,13-15H2,1H3,(H,25,29)(H,26,27)/t17-/m1/s1. The number of H-pyrrole nitrogens is 1. The fourth-order valence-electron chi connectivity index (χ4n) is 4.03. The topological polar surface area (TPSA) is 70.2 Å². The minimum atomic E-state index is -0.263. The highest BCUT2D eigenvalue weighted by molar-refractivity contribution is 5.78. The molecule has 30 heavy (non-hydrogen) atoms. The summed E-state index contributed by atoms with van der Waals surface area (Å²) in [5, 5.41) is 3.08. The molecule has 1 amide bonds. The molecule has 1 aromatic heterocycles. The molecule has 0 spiro atoms. The number of carbonyl (C=O) groups is 1. The molecule has 4 rings (SSSR count). The highest BCUT2D eigenvalue weighted by Crippen LogP contribution is 2.19. The van der Waals surface area contributed by atoms with E-state index in [1.54, 1.807) is 13.2 Å². The van der Waals surface area contributed by atoms with Crippen molar-refractivity contribution in [3.8, 4) is 5.75 Å². The van der Waals surface area contributed by atoms with Gasteiger partial charge in [-0.1, -0.05) is 12.1 Å². The molecule has 1 aliphatic rings. The number of nitrogens with one attached hydrogen (secondary N) is 2. The highest BCUT2D eigenvalue weighted by atomic mass is 19.1. The summed E-state index contributed by atoms with van der Waals surface area (Å²) >= 11 is 0. The van der Waals surface area contributed by atoms with Crippen molar-refractivity contribution in [2.75, 3.05) is 26.7 Å². The van der Waals surface area contributed by atoms with Gasteiger partial charge in [0.05, 0.1) is 31.1 Å². The van der Waals surface area contributed by atoms with Gasteiger partial charge in [0.15, 0.2) is 0 Å². The fourth-order valence-corrected chi connectivity index (χ4v) is 4.03. The van der Waals surface area contributed by atoms with Crippen LogP contribution in [0.4, 0.5) is 4.39 Å². The molecule has 158 valence electrons. The summed E-state index contributed by atoms with van der Waals surface area (Å²) < 4.78 is 18.5. The number of hydrogen-bond donors (Lipinski definition) is 2. The van der Waals surface area contributed by atoms with E-state index in [2.05, 4.69) is 20.2 Å². The first-order chi connectivity index (χ1) is 14.6. The monoisotopic (exact) mass is 410 g/mol. The second-order valence-electron chi connectivity index (χ2n) is 7.92. The normalized spacial score (nSPS) is 17.2. The first-order valence-electron chi connectivity index (χ1n) is 10.3. The Balaban J connectivity index is 1.26. The summed E-state index contributed by atoms with van der Waals surface area (Å²) in [4.78, 5) is 22.4. The van der Waals surface area contributed by atoms with E-state index in [1.807, 2.05) is 24.3 Å². The van der Waals surface area contributed by atoms with Crippen molar-refractivity contribution in [3.63, 3.8) is 0 Å². The van der Waals surface area contributed by atoms with Gasteiger partial charge in [0.2, 0.25) is 5.91 Å². The van der Waals surface area contributed by atoms with Crippen LogP contribution in [0.25, 0.3) is 11.0 Å². The van der Waals surface area contributed by atoms with Crippen molar-refractivity contribution in [3.05, 3.63) is 59.7 Å². The van der Waals surface area contributed by atoms with Gasteiger partial charge in [0.1, 0.15) is 17.4 Å². The van der Waals surface area contributed by atoms with Crippen LogP contribution in [0.3, 0.4) is 0 Å². The highest BCUT2D eigenvalue weighted by Gasteiger charge is 2.21. The second kappa shape index (κ2) is 9.26. The van der Waals surface area contributed by atoms with Crippen molar-refractivity contribution < 1.29 is 13.9 Å². The zero-order valence-electron chi connectivity index (χ0n) is 17.2. The lowest BCUT2D eigenvalue weighted by molar-refractivity contribution is -0.120. The number of aromatic nitrogens is 2. The maximum absolute atomic E-state index is 13.4. The number of piperidine rings is 1. The van der Waals surface area contributed by atoms with E-state index < -0.39 is 0 Å². The Morgan fingerprint density at radius 3 is 2.93 bits per heavy atom. The smallest absolute Gasteiger partial charge is 0.224 e. The van der Waals surface area contributed by atoms with Crippen molar-refractivity contribution in [1.82, 2.24) is 20.2 Å². The third kappa shape index (κ3) is 5.16.